The molecule has 98 valence electrons. The summed E-state index contributed by atoms with van der Waals surface area (Å²) in [7, 11) is 1.67. The molecule has 2 rings (SSSR count). The molecule has 1 unspecified atom stereocenters. The molecule has 1 saturated heterocycles. The van der Waals surface area contributed by atoms with Crippen LogP contribution in [0.25, 0.3) is 0 Å². The number of carbonyl (C=O) groups is 2. The average Bonchev–Trinajstić information content (AvgIpc) is 3.00. The van der Waals surface area contributed by atoms with E-state index in [0.29, 0.717) is 18.8 Å². The van der Waals surface area contributed by atoms with Gasteiger partial charge in [0.15, 0.2) is 0 Å². The molecular formula is C11H15N3O4. The first-order chi connectivity index (χ1) is 8.59. The van der Waals surface area contributed by atoms with Crippen LogP contribution in [-0.2, 0) is 9.53 Å². The van der Waals surface area contributed by atoms with Crippen molar-refractivity contribution in [3.05, 3.63) is 18.0 Å². The third kappa shape index (κ3) is 2.44. The molecule has 2 amide bonds. The van der Waals surface area contributed by atoms with Gasteiger partial charge in [-0.1, -0.05) is 5.16 Å². The Morgan fingerprint density at radius 1 is 1.67 bits per heavy atom. The summed E-state index contributed by atoms with van der Waals surface area (Å²) in [6, 6.07) is 1.51. The zero-order chi connectivity index (χ0) is 13.1. The van der Waals surface area contributed by atoms with Crippen LogP contribution in [-0.4, -0.2) is 53.7 Å². The van der Waals surface area contributed by atoms with E-state index in [1.807, 2.05) is 6.92 Å². The fourth-order valence-corrected chi connectivity index (χ4v) is 1.70. The molecule has 0 saturated carbocycles. The number of hydrogen-bond acceptors (Lipinski definition) is 5. The van der Waals surface area contributed by atoms with Crippen molar-refractivity contribution in [2.75, 3.05) is 26.7 Å². The minimum absolute atomic E-state index is 0.0253. The highest BCUT2D eigenvalue weighted by Gasteiger charge is 2.27. The molecule has 1 fully saturated rings. The van der Waals surface area contributed by atoms with Gasteiger partial charge in [0.05, 0.1) is 12.6 Å². The normalized spacial score (nSPS) is 16.6. The van der Waals surface area contributed by atoms with Crippen LogP contribution in [0, 0.1) is 0 Å². The molecular weight excluding hydrogens is 238 g/mol. The number of carbonyl (C=O) groups excluding carboxylic acids is 2. The second-order valence-corrected chi connectivity index (χ2v) is 4.14. The van der Waals surface area contributed by atoms with Gasteiger partial charge in [0.2, 0.25) is 5.91 Å². The SMILES string of the molecule is CC(c1ccon1)N(C)C(=O)CN1CCOC1=O. The largest absolute Gasteiger partial charge is 0.448 e. The lowest BCUT2D eigenvalue weighted by Gasteiger charge is -2.24. The van der Waals surface area contributed by atoms with Gasteiger partial charge in [-0.05, 0) is 6.92 Å². The Balaban J connectivity index is 1.94. The Labute approximate surface area is 104 Å². The van der Waals surface area contributed by atoms with E-state index in [9.17, 15) is 9.59 Å². The molecule has 0 radical (unpaired) electrons. The summed E-state index contributed by atoms with van der Waals surface area (Å²) >= 11 is 0. The molecule has 18 heavy (non-hydrogen) atoms. The fourth-order valence-electron chi connectivity index (χ4n) is 1.70. The molecule has 1 aliphatic heterocycles. The van der Waals surface area contributed by atoms with Gasteiger partial charge >= 0.3 is 6.09 Å². The van der Waals surface area contributed by atoms with Crippen molar-refractivity contribution in [1.82, 2.24) is 15.0 Å². The quantitative estimate of drug-likeness (QED) is 0.787. The second kappa shape index (κ2) is 5.07. The number of hydrogen-bond donors (Lipinski definition) is 0. The molecule has 1 aliphatic rings. The summed E-state index contributed by atoms with van der Waals surface area (Å²) in [5.74, 6) is -0.163. The number of ether oxygens (including phenoxy) is 1. The maximum atomic E-state index is 12.0. The highest BCUT2D eigenvalue weighted by atomic mass is 16.6. The zero-order valence-corrected chi connectivity index (χ0v) is 10.3. The summed E-state index contributed by atoms with van der Waals surface area (Å²) in [6.07, 6.45) is 1.02. The number of aromatic nitrogens is 1. The predicted octanol–water partition coefficient (Wildman–Crippen LogP) is 0.646. The third-order valence-corrected chi connectivity index (χ3v) is 3.03. The standard InChI is InChI=1S/C11H15N3O4/c1-8(9-3-5-18-12-9)13(2)10(15)7-14-4-6-17-11(14)16/h3,5,8H,4,6-7H2,1-2H3. The van der Waals surface area contributed by atoms with Gasteiger partial charge in [0.1, 0.15) is 25.1 Å². The van der Waals surface area contributed by atoms with Gasteiger partial charge in [-0.15, -0.1) is 0 Å². The van der Waals surface area contributed by atoms with Crippen molar-refractivity contribution in [3.63, 3.8) is 0 Å². The molecule has 0 N–H and O–H groups in total. The van der Waals surface area contributed by atoms with E-state index in [4.69, 9.17) is 9.26 Å². The van der Waals surface area contributed by atoms with Gasteiger partial charge < -0.3 is 14.2 Å². The molecule has 2 heterocycles. The lowest BCUT2D eigenvalue weighted by Crippen LogP contribution is -2.40. The van der Waals surface area contributed by atoms with Crippen LogP contribution in [0.3, 0.4) is 0 Å². The van der Waals surface area contributed by atoms with Gasteiger partial charge in [0, 0.05) is 13.1 Å². The Morgan fingerprint density at radius 3 is 3.00 bits per heavy atom. The van der Waals surface area contributed by atoms with Crippen LogP contribution in [0.4, 0.5) is 4.79 Å². The molecule has 0 bridgehead atoms. The highest BCUT2D eigenvalue weighted by Crippen LogP contribution is 2.17. The van der Waals surface area contributed by atoms with Crippen molar-refractivity contribution >= 4 is 12.0 Å². The number of likely N-dealkylation sites (N-methyl/N-ethyl adjacent to an activating group) is 1. The van der Waals surface area contributed by atoms with Crippen molar-refractivity contribution in [3.8, 4) is 0 Å². The molecule has 0 spiro atoms. The van der Waals surface area contributed by atoms with Crippen molar-refractivity contribution in [2.24, 2.45) is 0 Å². The Morgan fingerprint density at radius 2 is 2.44 bits per heavy atom. The van der Waals surface area contributed by atoms with E-state index < -0.39 is 6.09 Å². The average molecular weight is 253 g/mol. The number of nitrogens with zero attached hydrogens (tertiary/aromatic N) is 3. The van der Waals surface area contributed by atoms with Crippen LogP contribution >= 0.6 is 0 Å². The Kier molecular flexibility index (Phi) is 3.50. The molecule has 1 aromatic heterocycles. The highest BCUT2D eigenvalue weighted by molar-refractivity contribution is 5.83. The maximum absolute atomic E-state index is 12.0. The van der Waals surface area contributed by atoms with Crippen molar-refractivity contribution in [2.45, 2.75) is 13.0 Å². The smallest absolute Gasteiger partial charge is 0.410 e. The van der Waals surface area contributed by atoms with Gasteiger partial charge in [-0.2, -0.15) is 0 Å². The predicted molar refractivity (Wildman–Crippen MR) is 60.6 cm³/mol. The second-order valence-electron chi connectivity index (χ2n) is 4.14. The summed E-state index contributed by atoms with van der Waals surface area (Å²) in [6.45, 7) is 2.67. The van der Waals surface area contributed by atoms with Crippen LogP contribution in [0.5, 0.6) is 0 Å². The molecule has 1 aromatic rings. The lowest BCUT2D eigenvalue weighted by molar-refractivity contribution is -0.132. The van der Waals surface area contributed by atoms with Crippen LogP contribution in [0.15, 0.2) is 16.9 Å². The number of rotatable bonds is 4. The Bertz CT molecular complexity index is 432. The molecule has 0 aromatic carbocycles. The molecule has 1 atom stereocenters. The summed E-state index contributed by atoms with van der Waals surface area (Å²) < 4.78 is 9.51. The van der Waals surface area contributed by atoms with Gasteiger partial charge in [-0.3, -0.25) is 9.69 Å². The van der Waals surface area contributed by atoms with Crippen molar-refractivity contribution < 1.29 is 18.8 Å². The lowest BCUT2D eigenvalue weighted by atomic mass is 10.2. The van der Waals surface area contributed by atoms with E-state index in [1.165, 1.54) is 16.1 Å². The van der Waals surface area contributed by atoms with E-state index in [-0.39, 0.29) is 18.5 Å². The topological polar surface area (TPSA) is 75.9 Å². The fraction of sp³-hybridized carbons (Fsp3) is 0.545. The zero-order valence-electron chi connectivity index (χ0n) is 10.3. The monoisotopic (exact) mass is 253 g/mol. The summed E-state index contributed by atoms with van der Waals surface area (Å²) in [4.78, 5) is 26.2. The number of cyclic esters (lactones) is 1. The molecule has 7 heteroatoms. The Hall–Kier alpha value is -2.05. The third-order valence-electron chi connectivity index (χ3n) is 3.03. The van der Waals surface area contributed by atoms with Crippen LogP contribution in [0.2, 0.25) is 0 Å². The minimum Gasteiger partial charge on any atom is -0.448 e. The van der Waals surface area contributed by atoms with E-state index >= 15 is 0 Å². The van der Waals surface area contributed by atoms with E-state index in [0.717, 1.165) is 0 Å². The van der Waals surface area contributed by atoms with E-state index in [1.54, 1.807) is 13.1 Å². The van der Waals surface area contributed by atoms with Gasteiger partial charge in [0.25, 0.3) is 0 Å². The summed E-state index contributed by atoms with van der Waals surface area (Å²) in [5, 5.41) is 3.79. The van der Waals surface area contributed by atoms with Gasteiger partial charge in [-0.25, -0.2) is 4.79 Å². The molecule has 7 nitrogen and oxygen atoms in total. The maximum Gasteiger partial charge on any atom is 0.410 e. The first-order valence-electron chi connectivity index (χ1n) is 5.67. The van der Waals surface area contributed by atoms with Crippen molar-refractivity contribution in [1.29, 1.82) is 0 Å². The number of amides is 2. The minimum atomic E-state index is -0.439. The van der Waals surface area contributed by atoms with E-state index in [2.05, 4.69) is 5.16 Å². The first-order valence-corrected chi connectivity index (χ1v) is 5.67. The first kappa shape index (κ1) is 12.4. The molecule has 0 aliphatic carbocycles. The van der Waals surface area contributed by atoms with Crippen LogP contribution in [0.1, 0.15) is 18.7 Å². The summed E-state index contributed by atoms with van der Waals surface area (Å²) in [5.41, 5.74) is 0.676. The van der Waals surface area contributed by atoms with Crippen LogP contribution < -0.4 is 0 Å².